The Morgan fingerprint density at radius 2 is 1.75 bits per heavy atom. The van der Waals surface area contributed by atoms with Crippen molar-refractivity contribution in [3.05, 3.63) is 71.2 Å². The lowest BCUT2D eigenvalue weighted by atomic mass is 10.1. The maximum atomic E-state index is 12.2. The monoisotopic (exact) mass is 377 g/mol. The lowest BCUT2D eigenvalue weighted by molar-refractivity contribution is -0.134. The van der Waals surface area contributed by atoms with Gasteiger partial charge in [0.05, 0.1) is 12.6 Å². The molecule has 0 N–H and O–H groups in total. The minimum Gasteiger partial charge on any atom is -0.497 e. The average Bonchev–Trinajstić information content (AvgIpc) is 3.02. The number of fused-ring (bicyclic) bond motifs is 2. The largest absolute Gasteiger partial charge is 0.497 e. The van der Waals surface area contributed by atoms with Crippen LogP contribution in [0, 0.1) is 0 Å². The summed E-state index contributed by atoms with van der Waals surface area (Å²) in [5.74, 6) is 0.464. The molecule has 0 atom stereocenters. The molecule has 0 amide bonds. The highest BCUT2D eigenvalue weighted by molar-refractivity contribution is 5.86. The van der Waals surface area contributed by atoms with E-state index in [0.29, 0.717) is 24.3 Å². The van der Waals surface area contributed by atoms with E-state index >= 15 is 0 Å². The van der Waals surface area contributed by atoms with Crippen LogP contribution in [0.25, 0.3) is 21.9 Å². The van der Waals surface area contributed by atoms with E-state index < -0.39 is 5.76 Å². The molecule has 0 saturated heterocycles. The van der Waals surface area contributed by atoms with Crippen molar-refractivity contribution in [3.63, 3.8) is 0 Å². The van der Waals surface area contributed by atoms with Crippen LogP contribution in [-0.2, 0) is 11.3 Å². The van der Waals surface area contributed by atoms with Gasteiger partial charge < -0.3 is 13.9 Å². The Balaban J connectivity index is 1.40. The Kier molecular flexibility index (Phi) is 4.85. The average molecular weight is 377 g/mol. The SMILES string of the molecule is COc1ccc2ccc(OC(=O)CCCn3c(=O)oc4ccccc43)cc2c1. The molecule has 6 nitrogen and oxygen atoms in total. The molecule has 4 aromatic rings. The van der Waals surface area contributed by atoms with Gasteiger partial charge in [0.25, 0.3) is 0 Å². The molecule has 0 aliphatic rings. The number of aromatic nitrogens is 1. The van der Waals surface area contributed by atoms with Crippen LogP contribution in [0.1, 0.15) is 12.8 Å². The van der Waals surface area contributed by atoms with Gasteiger partial charge in [-0.1, -0.05) is 24.3 Å². The van der Waals surface area contributed by atoms with Gasteiger partial charge in [-0.2, -0.15) is 0 Å². The third-order valence-electron chi connectivity index (χ3n) is 4.59. The van der Waals surface area contributed by atoms with E-state index in [4.69, 9.17) is 13.9 Å². The van der Waals surface area contributed by atoms with Crippen LogP contribution in [-0.4, -0.2) is 17.6 Å². The number of hydrogen-bond donors (Lipinski definition) is 0. The summed E-state index contributed by atoms with van der Waals surface area (Å²) in [6.45, 7) is 0.389. The van der Waals surface area contributed by atoms with E-state index in [0.717, 1.165) is 22.0 Å². The predicted molar refractivity (Wildman–Crippen MR) is 106 cm³/mol. The zero-order valence-electron chi connectivity index (χ0n) is 15.4. The fraction of sp³-hybridized carbons (Fsp3) is 0.182. The van der Waals surface area contributed by atoms with Crippen LogP contribution >= 0.6 is 0 Å². The molecule has 4 rings (SSSR count). The molecule has 3 aromatic carbocycles. The summed E-state index contributed by atoms with van der Waals surface area (Å²) in [6.07, 6.45) is 0.672. The second-order valence-electron chi connectivity index (χ2n) is 6.44. The lowest BCUT2D eigenvalue weighted by Crippen LogP contribution is -2.16. The Morgan fingerprint density at radius 3 is 2.57 bits per heavy atom. The number of methoxy groups -OCH3 is 1. The van der Waals surface area contributed by atoms with Crippen molar-refractivity contribution in [1.29, 1.82) is 0 Å². The van der Waals surface area contributed by atoms with Crippen LogP contribution in [0.4, 0.5) is 0 Å². The molecule has 0 aliphatic heterocycles. The third kappa shape index (κ3) is 3.62. The molecule has 142 valence electrons. The van der Waals surface area contributed by atoms with Crippen molar-refractivity contribution < 1.29 is 18.7 Å². The number of aryl methyl sites for hydroxylation is 1. The number of hydrogen-bond acceptors (Lipinski definition) is 5. The van der Waals surface area contributed by atoms with Gasteiger partial charge in [0, 0.05) is 13.0 Å². The van der Waals surface area contributed by atoms with E-state index in [-0.39, 0.29) is 12.4 Å². The number of para-hydroxylation sites is 2. The first-order valence-electron chi connectivity index (χ1n) is 9.01. The number of benzene rings is 3. The van der Waals surface area contributed by atoms with Crippen molar-refractivity contribution in [2.24, 2.45) is 0 Å². The quantitative estimate of drug-likeness (QED) is 0.373. The molecule has 0 fully saturated rings. The van der Waals surface area contributed by atoms with E-state index in [2.05, 4.69) is 0 Å². The van der Waals surface area contributed by atoms with Crippen LogP contribution in [0.15, 0.2) is 69.9 Å². The smallest absolute Gasteiger partial charge is 0.419 e. The first-order valence-corrected chi connectivity index (χ1v) is 9.01. The number of nitrogens with zero attached hydrogens (tertiary/aromatic N) is 1. The molecule has 0 spiro atoms. The molecule has 6 heteroatoms. The van der Waals surface area contributed by atoms with E-state index in [1.54, 1.807) is 19.2 Å². The number of oxazole rings is 1. The molecular weight excluding hydrogens is 358 g/mol. The van der Waals surface area contributed by atoms with E-state index in [1.807, 2.05) is 48.5 Å². The zero-order chi connectivity index (χ0) is 19.5. The van der Waals surface area contributed by atoms with Gasteiger partial charge in [0.1, 0.15) is 11.5 Å². The van der Waals surface area contributed by atoms with Gasteiger partial charge in [-0.25, -0.2) is 4.79 Å². The molecular formula is C22H19NO5. The summed E-state index contributed by atoms with van der Waals surface area (Å²) in [6, 6.07) is 18.4. The van der Waals surface area contributed by atoms with Gasteiger partial charge in [-0.15, -0.1) is 0 Å². The second-order valence-corrected chi connectivity index (χ2v) is 6.44. The molecule has 1 heterocycles. The number of esters is 1. The van der Waals surface area contributed by atoms with Crippen LogP contribution in [0.2, 0.25) is 0 Å². The normalized spacial score (nSPS) is 11.0. The van der Waals surface area contributed by atoms with Crippen LogP contribution in [0.5, 0.6) is 11.5 Å². The Bertz CT molecular complexity index is 1200. The Labute approximate surface area is 160 Å². The standard InChI is InChI=1S/C22H19NO5/c1-26-17-10-8-15-9-11-18(14-16(15)13-17)27-21(24)7-4-12-23-19-5-2-3-6-20(19)28-22(23)25/h2-3,5-6,8-11,13-14H,4,7,12H2,1H3. The molecule has 1 aromatic heterocycles. The minimum atomic E-state index is -0.418. The highest BCUT2D eigenvalue weighted by Gasteiger charge is 2.10. The number of carbonyl (C=O) groups excluding carboxylic acids is 1. The minimum absolute atomic E-state index is 0.197. The highest BCUT2D eigenvalue weighted by atomic mass is 16.5. The fourth-order valence-electron chi connectivity index (χ4n) is 3.18. The number of carbonyl (C=O) groups is 1. The molecule has 28 heavy (non-hydrogen) atoms. The van der Waals surface area contributed by atoms with E-state index in [1.165, 1.54) is 4.57 Å². The Morgan fingerprint density at radius 1 is 1.00 bits per heavy atom. The summed E-state index contributed by atoms with van der Waals surface area (Å²) in [5, 5.41) is 1.97. The summed E-state index contributed by atoms with van der Waals surface area (Å²) in [5.41, 5.74) is 1.27. The summed E-state index contributed by atoms with van der Waals surface area (Å²) in [4.78, 5) is 24.1. The molecule has 0 radical (unpaired) electrons. The maximum absolute atomic E-state index is 12.2. The second kappa shape index (κ2) is 7.60. The van der Waals surface area contributed by atoms with Crippen molar-refractivity contribution in [2.45, 2.75) is 19.4 Å². The van der Waals surface area contributed by atoms with Crippen LogP contribution in [0.3, 0.4) is 0 Å². The van der Waals surface area contributed by atoms with E-state index in [9.17, 15) is 9.59 Å². The van der Waals surface area contributed by atoms with Gasteiger partial charge in [0.15, 0.2) is 5.58 Å². The Hall–Kier alpha value is -3.54. The molecule has 0 aliphatic carbocycles. The van der Waals surface area contributed by atoms with Crippen molar-refractivity contribution >= 4 is 27.8 Å². The van der Waals surface area contributed by atoms with Gasteiger partial charge >= 0.3 is 11.7 Å². The van der Waals surface area contributed by atoms with Gasteiger partial charge in [-0.3, -0.25) is 9.36 Å². The fourth-order valence-corrected chi connectivity index (χ4v) is 3.18. The molecule has 0 bridgehead atoms. The first-order chi connectivity index (χ1) is 13.6. The summed E-state index contributed by atoms with van der Waals surface area (Å²) >= 11 is 0. The van der Waals surface area contributed by atoms with Crippen molar-refractivity contribution in [3.8, 4) is 11.5 Å². The molecule has 0 saturated carbocycles. The summed E-state index contributed by atoms with van der Waals surface area (Å²) < 4.78 is 17.4. The topological polar surface area (TPSA) is 70.7 Å². The van der Waals surface area contributed by atoms with Crippen molar-refractivity contribution in [2.75, 3.05) is 7.11 Å². The van der Waals surface area contributed by atoms with Crippen LogP contribution < -0.4 is 15.2 Å². The predicted octanol–water partition coefficient (Wildman–Crippen LogP) is 4.14. The van der Waals surface area contributed by atoms with Gasteiger partial charge in [0.2, 0.25) is 0 Å². The maximum Gasteiger partial charge on any atom is 0.419 e. The van der Waals surface area contributed by atoms with Crippen molar-refractivity contribution in [1.82, 2.24) is 4.57 Å². The number of ether oxygens (including phenoxy) is 2. The number of rotatable bonds is 6. The first kappa shape index (κ1) is 17.9. The molecule has 0 unspecified atom stereocenters. The lowest BCUT2D eigenvalue weighted by Gasteiger charge is -2.07. The zero-order valence-corrected chi connectivity index (χ0v) is 15.4. The van der Waals surface area contributed by atoms with Gasteiger partial charge in [-0.05, 0) is 53.6 Å². The third-order valence-corrected chi connectivity index (χ3v) is 4.59. The highest BCUT2D eigenvalue weighted by Crippen LogP contribution is 2.25. The summed E-state index contributed by atoms with van der Waals surface area (Å²) in [7, 11) is 1.61.